The number of hydrogen-bond acceptors (Lipinski definition) is 8. The van der Waals surface area contributed by atoms with Gasteiger partial charge in [0, 0.05) is 51.9 Å². The Morgan fingerprint density at radius 2 is 1.21 bits per heavy atom. The standard InChI is InChI=1S/C23H45N9O6/c1-3-6-18(33)27-16-29-20(35)8-13-32(15-22(37)38)14-9-21(36)30-17-28-19(34)7-12-31(2)11-5-4-10-26-23(24)25/h3-17H2,1-2H3,(H,27,33)(H,28,34)(H,29,35)(H,30,36)(H,37,38)(H4,24,25,26). The van der Waals surface area contributed by atoms with Gasteiger partial charge in [-0.15, -0.1) is 0 Å². The predicted molar refractivity (Wildman–Crippen MR) is 143 cm³/mol. The first-order valence-corrected chi connectivity index (χ1v) is 12.8. The highest BCUT2D eigenvalue weighted by Gasteiger charge is 2.14. The van der Waals surface area contributed by atoms with E-state index < -0.39 is 5.97 Å². The molecule has 0 unspecified atom stereocenters. The average molecular weight is 544 g/mol. The zero-order chi connectivity index (χ0) is 28.8. The zero-order valence-electron chi connectivity index (χ0n) is 22.6. The Morgan fingerprint density at radius 3 is 1.66 bits per heavy atom. The Bertz CT molecular complexity index is 774. The van der Waals surface area contributed by atoms with Gasteiger partial charge in [0.15, 0.2) is 5.96 Å². The third-order valence-corrected chi connectivity index (χ3v) is 5.25. The van der Waals surface area contributed by atoms with Gasteiger partial charge in [-0.3, -0.25) is 33.9 Å². The van der Waals surface area contributed by atoms with Crippen molar-refractivity contribution in [3.63, 3.8) is 0 Å². The third kappa shape index (κ3) is 21.8. The number of carbonyl (C=O) groups excluding carboxylic acids is 4. The van der Waals surface area contributed by atoms with Crippen molar-refractivity contribution in [3.05, 3.63) is 0 Å². The molecule has 0 aromatic carbocycles. The maximum Gasteiger partial charge on any atom is 0.317 e. The Kier molecular flexibility index (Phi) is 19.6. The lowest BCUT2D eigenvalue weighted by atomic mass is 10.3. The van der Waals surface area contributed by atoms with E-state index in [-0.39, 0.29) is 81.8 Å². The number of hydrogen-bond donors (Lipinski definition) is 7. The average Bonchev–Trinajstić information content (AvgIpc) is 2.84. The van der Waals surface area contributed by atoms with Gasteiger partial charge in [0.1, 0.15) is 0 Å². The molecule has 0 heterocycles. The van der Waals surface area contributed by atoms with Gasteiger partial charge < -0.3 is 42.7 Å². The number of aliphatic imine (C=N–C) groups is 1. The van der Waals surface area contributed by atoms with E-state index in [9.17, 15) is 24.0 Å². The topological polar surface area (TPSA) is 225 Å². The maximum absolute atomic E-state index is 12.1. The minimum absolute atomic E-state index is 0.000431. The number of aliphatic carboxylic acids is 1. The first kappa shape index (κ1) is 34.5. The van der Waals surface area contributed by atoms with Crippen molar-refractivity contribution in [3.8, 4) is 0 Å². The van der Waals surface area contributed by atoms with Crippen LogP contribution in [0.25, 0.3) is 0 Å². The molecular weight excluding hydrogens is 498 g/mol. The van der Waals surface area contributed by atoms with Crippen molar-refractivity contribution in [2.75, 3.05) is 59.7 Å². The van der Waals surface area contributed by atoms with E-state index in [4.69, 9.17) is 16.6 Å². The summed E-state index contributed by atoms with van der Waals surface area (Å²) in [7, 11) is 1.91. The summed E-state index contributed by atoms with van der Waals surface area (Å²) in [6, 6.07) is 0. The second kappa shape index (κ2) is 21.6. The van der Waals surface area contributed by atoms with Crippen molar-refractivity contribution in [1.29, 1.82) is 0 Å². The minimum atomic E-state index is -1.08. The van der Waals surface area contributed by atoms with Crippen molar-refractivity contribution in [2.45, 2.75) is 51.9 Å². The van der Waals surface area contributed by atoms with Crippen molar-refractivity contribution in [1.82, 2.24) is 31.1 Å². The normalized spacial score (nSPS) is 10.6. The highest BCUT2D eigenvalue weighted by atomic mass is 16.4. The molecular formula is C23H45N9O6. The number of rotatable bonds is 22. The Labute approximate surface area is 224 Å². The Balaban J connectivity index is 4.11. The zero-order valence-corrected chi connectivity index (χ0v) is 22.6. The lowest BCUT2D eigenvalue weighted by molar-refractivity contribution is -0.139. The van der Waals surface area contributed by atoms with E-state index in [1.807, 2.05) is 18.9 Å². The smallest absolute Gasteiger partial charge is 0.317 e. The fraction of sp³-hybridized carbons (Fsp3) is 0.739. The van der Waals surface area contributed by atoms with Crippen LogP contribution < -0.4 is 32.7 Å². The number of guanidine groups is 1. The maximum atomic E-state index is 12.1. The van der Waals surface area contributed by atoms with E-state index >= 15 is 0 Å². The molecule has 0 fully saturated rings. The third-order valence-electron chi connectivity index (χ3n) is 5.25. The first-order chi connectivity index (χ1) is 18.0. The van der Waals surface area contributed by atoms with Crippen LogP contribution in [0.15, 0.2) is 4.99 Å². The quantitative estimate of drug-likeness (QED) is 0.0335. The van der Waals surface area contributed by atoms with Gasteiger partial charge in [-0.1, -0.05) is 6.92 Å². The molecule has 38 heavy (non-hydrogen) atoms. The summed E-state index contributed by atoms with van der Waals surface area (Å²) in [5.41, 5.74) is 10.5. The number of unbranched alkanes of at least 4 members (excludes halogenated alkanes) is 1. The van der Waals surface area contributed by atoms with E-state index in [0.29, 0.717) is 25.9 Å². The molecule has 0 aromatic rings. The number of carboxylic acid groups (broad SMARTS) is 1. The largest absolute Gasteiger partial charge is 0.480 e. The summed E-state index contributed by atoms with van der Waals surface area (Å²) in [5.74, 6) is -2.08. The summed E-state index contributed by atoms with van der Waals surface area (Å²) in [6.45, 7) is 3.70. The van der Waals surface area contributed by atoms with Crippen molar-refractivity contribution >= 4 is 35.6 Å². The van der Waals surface area contributed by atoms with Gasteiger partial charge >= 0.3 is 5.97 Å². The number of nitrogens with two attached hydrogens (primary N) is 2. The number of carboxylic acids is 1. The van der Waals surface area contributed by atoms with Crippen LogP contribution in [0.4, 0.5) is 0 Å². The molecule has 15 nitrogen and oxygen atoms in total. The summed E-state index contributed by atoms with van der Waals surface area (Å²) in [4.78, 5) is 66.0. The van der Waals surface area contributed by atoms with Gasteiger partial charge in [-0.2, -0.15) is 0 Å². The summed E-state index contributed by atoms with van der Waals surface area (Å²) in [5, 5.41) is 19.4. The Morgan fingerprint density at radius 1 is 0.737 bits per heavy atom. The fourth-order valence-electron chi connectivity index (χ4n) is 3.15. The van der Waals surface area contributed by atoms with E-state index in [1.165, 1.54) is 4.90 Å². The highest BCUT2D eigenvalue weighted by molar-refractivity contribution is 5.79. The lowest BCUT2D eigenvalue weighted by Gasteiger charge is -2.20. The molecule has 0 aliphatic carbocycles. The van der Waals surface area contributed by atoms with E-state index in [0.717, 1.165) is 19.4 Å². The fourth-order valence-corrected chi connectivity index (χ4v) is 3.15. The summed E-state index contributed by atoms with van der Waals surface area (Å²) in [6.07, 6.45) is 3.10. The van der Waals surface area contributed by atoms with Crippen LogP contribution in [0.1, 0.15) is 51.9 Å². The molecule has 218 valence electrons. The highest BCUT2D eigenvalue weighted by Crippen LogP contribution is 1.97. The van der Waals surface area contributed by atoms with E-state index in [1.54, 1.807) is 0 Å². The molecule has 0 spiro atoms. The molecule has 9 N–H and O–H groups in total. The van der Waals surface area contributed by atoms with Crippen LogP contribution in [0.2, 0.25) is 0 Å². The van der Waals surface area contributed by atoms with Crippen LogP contribution in [-0.2, 0) is 24.0 Å². The molecule has 0 radical (unpaired) electrons. The molecule has 15 heteroatoms. The minimum Gasteiger partial charge on any atom is -0.480 e. The van der Waals surface area contributed by atoms with Crippen LogP contribution in [0, 0.1) is 0 Å². The Hall–Kier alpha value is -3.46. The number of nitrogens with zero attached hydrogens (tertiary/aromatic N) is 3. The van der Waals surface area contributed by atoms with Crippen LogP contribution in [-0.4, -0.2) is 110 Å². The van der Waals surface area contributed by atoms with Gasteiger partial charge in [0.25, 0.3) is 0 Å². The summed E-state index contributed by atoms with van der Waals surface area (Å²) < 4.78 is 0. The number of amides is 4. The molecule has 4 amide bonds. The van der Waals surface area contributed by atoms with E-state index in [2.05, 4.69) is 26.3 Å². The monoisotopic (exact) mass is 543 g/mol. The van der Waals surface area contributed by atoms with Crippen LogP contribution in [0.5, 0.6) is 0 Å². The van der Waals surface area contributed by atoms with Crippen molar-refractivity contribution in [2.24, 2.45) is 16.5 Å². The molecule has 0 aliphatic rings. The van der Waals surface area contributed by atoms with Gasteiger partial charge in [0.2, 0.25) is 23.6 Å². The van der Waals surface area contributed by atoms with Gasteiger partial charge in [0.05, 0.1) is 19.9 Å². The molecule has 0 saturated carbocycles. The molecule has 0 aliphatic heterocycles. The van der Waals surface area contributed by atoms with Crippen molar-refractivity contribution < 1.29 is 29.1 Å². The van der Waals surface area contributed by atoms with Gasteiger partial charge in [-0.25, -0.2) is 0 Å². The predicted octanol–water partition coefficient (Wildman–Crippen LogP) is -2.29. The first-order valence-electron chi connectivity index (χ1n) is 12.8. The number of carbonyl (C=O) groups is 5. The number of nitrogens with one attached hydrogen (secondary N) is 4. The summed E-state index contributed by atoms with van der Waals surface area (Å²) >= 11 is 0. The lowest BCUT2D eigenvalue weighted by Crippen LogP contribution is -2.41. The molecule has 0 bridgehead atoms. The second-order valence-corrected chi connectivity index (χ2v) is 8.74. The van der Waals surface area contributed by atoms with Crippen LogP contribution in [0.3, 0.4) is 0 Å². The molecule has 0 saturated heterocycles. The molecule has 0 atom stereocenters. The van der Waals surface area contributed by atoms with Gasteiger partial charge in [-0.05, 0) is 32.9 Å². The molecule has 0 aromatic heterocycles. The SMILES string of the molecule is CCCC(=O)NCNC(=O)CCN(CCC(=O)NCNC(=O)CCN(C)CCCCN=C(N)N)CC(=O)O. The second-order valence-electron chi connectivity index (χ2n) is 8.74. The van der Waals surface area contributed by atoms with Crippen LogP contribution >= 0.6 is 0 Å². The molecule has 0 rings (SSSR count).